The SMILES string of the molecule is CC(O)c1cncc(-c2ccc(C#N)c(F)c2)c1. The molecular formula is C14H11FN2O. The monoisotopic (exact) mass is 242 g/mol. The Balaban J connectivity index is 2.46. The van der Waals surface area contributed by atoms with Crippen molar-refractivity contribution in [3.8, 4) is 17.2 Å². The number of aliphatic hydroxyl groups is 1. The first-order valence-electron chi connectivity index (χ1n) is 5.45. The van der Waals surface area contributed by atoms with E-state index in [1.165, 1.54) is 12.1 Å². The molecule has 18 heavy (non-hydrogen) atoms. The van der Waals surface area contributed by atoms with Crippen LogP contribution < -0.4 is 0 Å². The zero-order valence-corrected chi connectivity index (χ0v) is 9.76. The van der Waals surface area contributed by atoms with Crippen molar-refractivity contribution < 1.29 is 9.50 Å². The first-order valence-corrected chi connectivity index (χ1v) is 5.45. The minimum Gasteiger partial charge on any atom is -0.389 e. The van der Waals surface area contributed by atoms with Crippen LogP contribution in [-0.2, 0) is 0 Å². The predicted octanol–water partition coefficient (Wildman–Crippen LogP) is 2.81. The second-order valence-corrected chi connectivity index (χ2v) is 3.99. The Bertz CT molecular complexity index is 617. The Morgan fingerprint density at radius 2 is 2.06 bits per heavy atom. The lowest BCUT2D eigenvalue weighted by atomic mass is 10.0. The molecule has 0 fully saturated rings. The van der Waals surface area contributed by atoms with Gasteiger partial charge in [0, 0.05) is 18.0 Å². The van der Waals surface area contributed by atoms with Gasteiger partial charge in [-0.15, -0.1) is 0 Å². The number of nitrogens with zero attached hydrogens (tertiary/aromatic N) is 2. The minimum atomic E-state index is -0.624. The maximum Gasteiger partial charge on any atom is 0.141 e. The highest BCUT2D eigenvalue weighted by Crippen LogP contribution is 2.23. The molecule has 0 aliphatic carbocycles. The summed E-state index contributed by atoms with van der Waals surface area (Å²) in [6, 6.07) is 7.90. The fourth-order valence-electron chi connectivity index (χ4n) is 1.63. The summed E-state index contributed by atoms with van der Waals surface area (Å²) in [4.78, 5) is 4.01. The average molecular weight is 242 g/mol. The van der Waals surface area contributed by atoms with Crippen LogP contribution in [0.25, 0.3) is 11.1 Å². The van der Waals surface area contributed by atoms with E-state index in [1.54, 1.807) is 37.5 Å². The lowest BCUT2D eigenvalue weighted by Gasteiger charge is -2.07. The molecule has 2 aromatic rings. The van der Waals surface area contributed by atoms with Gasteiger partial charge in [-0.05, 0) is 36.2 Å². The van der Waals surface area contributed by atoms with Crippen LogP contribution >= 0.6 is 0 Å². The Hall–Kier alpha value is -2.25. The van der Waals surface area contributed by atoms with Gasteiger partial charge in [-0.2, -0.15) is 5.26 Å². The molecule has 1 N–H and O–H groups in total. The number of aromatic nitrogens is 1. The number of rotatable bonds is 2. The minimum absolute atomic E-state index is 0.0124. The second kappa shape index (κ2) is 4.94. The van der Waals surface area contributed by atoms with Crippen LogP contribution in [0.15, 0.2) is 36.7 Å². The van der Waals surface area contributed by atoms with Gasteiger partial charge in [0.05, 0.1) is 11.7 Å². The number of pyridine rings is 1. The number of nitriles is 1. The van der Waals surface area contributed by atoms with Gasteiger partial charge in [-0.25, -0.2) is 4.39 Å². The molecule has 0 saturated carbocycles. The Kier molecular flexibility index (Phi) is 3.35. The number of halogens is 1. The molecule has 4 heteroatoms. The number of benzene rings is 1. The van der Waals surface area contributed by atoms with Gasteiger partial charge in [0.15, 0.2) is 0 Å². The van der Waals surface area contributed by atoms with Gasteiger partial charge in [0.25, 0.3) is 0 Å². The van der Waals surface area contributed by atoms with E-state index in [9.17, 15) is 9.50 Å². The average Bonchev–Trinajstić information content (AvgIpc) is 2.38. The van der Waals surface area contributed by atoms with Crippen molar-refractivity contribution in [2.75, 3.05) is 0 Å². The molecule has 0 aliphatic rings. The largest absolute Gasteiger partial charge is 0.389 e. The second-order valence-electron chi connectivity index (χ2n) is 3.99. The molecule has 1 aromatic heterocycles. The predicted molar refractivity (Wildman–Crippen MR) is 65.0 cm³/mol. The molecule has 1 unspecified atom stereocenters. The molecular weight excluding hydrogens is 231 g/mol. The third kappa shape index (κ3) is 2.36. The molecule has 0 bridgehead atoms. The van der Waals surface area contributed by atoms with Gasteiger partial charge in [0.1, 0.15) is 11.9 Å². The topological polar surface area (TPSA) is 56.9 Å². The van der Waals surface area contributed by atoms with Crippen molar-refractivity contribution in [3.05, 3.63) is 53.6 Å². The first kappa shape index (κ1) is 12.2. The van der Waals surface area contributed by atoms with Gasteiger partial charge >= 0.3 is 0 Å². The van der Waals surface area contributed by atoms with Crippen LogP contribution in [-0.4, -0.2) is 10.1 Å². The van der Waals surface area contributed by atoms with Crippen molar-refractivity contribution in [3.63, 3.8) is 0 Å². The van der Waals surface area contributed by atoms with Crippen molar-refractivity contribution in [2.24, 2.45) is 0 Å². The number of aliphatic hydroxyl groups excluding tert-OH is 1. The van der Waals surface area contributed by atoms with E-state index in [1.807, 2.05) is 0 Å². The zero-order chi connectivity index (χ0) is 13.1. The third-order valence-electron chi connectivity index (χ3n) is 2.66. The lowest BCUT2D eigenvalue weighted by molar-refractivity contribution is 0.199. The van der Waals surface area contributed by atoms with Crippen molar-refractivity contribution in [2.45, 2.75) is 13.0 Å². The summed E-state index contributed by atoms with van der Waals surface area (Å²) in [5, 5.41) is 18.1. The molecule has 3 nitrogen and oxygen atoms in total. The fraction of sp³-hybridized carbons (Fsp3) is 0.143. The van der Waals surface area contributed by atoms with E-state index in [2.05, 4.69) is 4.98 Å². The maximum absolute atomic E-state index is 13.5. The van der Waals surface area contributed by atoms with E-state index in [0.29, 0.717) is 16.7 Å². The van der Waals surface area contributed by atoms with E-state index >= 15 is 0 Å². The van der Waals surface area contributed by atoms with Crippen LogP contribution in [0.5, 0.6) is 0 Å². The summed E-state index contributed by atoms with van der Waals surface area (Å²) < 4.78 is 13.5. The van der Waals surface area contributed by atoms with E-state index in [0.717, 1.165) is 0 Å². The van der Waals surface area contributed by atoms with Crippen molar-refractivity contribution in [1.29, 1.82) is 5.26 Å². The summed E-state index contributed by atoms with van der Waals surface area (Å²) in [5.74, 6) is -0.558. The van der Waals surface area contributed by atoms with Crippen molar-refractivity contribution in [1.82, 2.24) is 4.98 Å². The van der Waals surface area contributed by atoms with Crippen LogP contribution in [0, 0.1) is 17.1 Å². The normalized spacial score (nSPS) is 11.9. The molecule has 0 saturated heterocycles. The maximum atomic E-state index is 13.5. The molecule has 90 valence electrons. The smallest absolute Gasteiger partial charge is 0.141 e. The van der Waals surface area contributed by atoms with E-state index < -0.39 is 11.9 Å². The zero-order valence-electron chi connectivity index (χ0n) is 9.76. The molecule has 0 aliphatic heterocycles. The third-order valence-corrected chi connectivity index (χ3v) is 2.66. The Morgan fingerprint density at radius 1 is 1.28 bits per heavy atom. The molecule has 2 rings (SSSR count). The highest BCUT2D eigenvalue weighted by Gasteiger charge is 2.07. The van der Waals surface area contributed by atoms with Gasteiger partial charge in [0.2, 0.25) is 0 Å². The summed E-state index contributed by atoms with van der Waals surface area (Å²) in [6.45, 7) is 1.64. The molecule has 0 spiro atoms. The Labute approximate surface area is 104 Å². The summed E-state index contributed by atoms with van der Waals surface area (Å²) in [6.07, 6.45) is 2.53. The summed E-state index contributed by atoms with van der Waals surface area (Å²) in [7, 11) is 0. The highest BCUT2D eigenvalue weighted by atomic mass is 19.1. The van der Waals surface area contributed by atoms with Crippen LogP contribution in [0.1, 0.15) is 24.2 Å². The lowest BCUT2D eigenvalue weighted by Crippen LogP contribution is -1.93. The molecule has 1 atom stereocenters. The summed E-state index contributed by atoms with van der Waals surface area (Å²) in [5.41, 5.74) is 2.01. The van der Waals surface area contributed by atoms with Gasteiger partial charge in [-0.1, -0.05) is 6.07 Å². The molecule has 1 heterocycles. The van der Waals surface area contributed by atoms with E-state index in [-0.39, 0.29) is 5.56 Å². The highest BCUT2D eigenvalue weighted by molar-refractivity contribution is 5.64. The quantitative estimate of drug-likeness (QED) is 0.880. The number of hydrogen-bond donors (Lipinski definition) is 1. The first-order chi connectivity index (χ1) is 8.61. The number of hydrogen-bond acceptors (Lipinski definition) is 3. The van der Waals surface area contributed by atoms with Gasteiger partial charge in [-0.3, -0.25) is 4.98 Å². The molecule has 1 aromatic carbocycles. The molecule has 0 amide bonds. The van der Waals surface area contributed by atoms with Gasteiger partial charge < -0.3 is 5.11 Å². The van der Waals surface area contributed by atoms with Crippen molar-refractivity contribution >= 4 is 0 Å². The van der Waals surface area contributed by atoms with Crippen LogP contribution in [0.3, 0.4) is 0 Å². The van der Waals surface area contributed by atoms with Crippen LogP contribution in [0.2, 0.25) is 0 Å². The standard InChI is InChI=1S/C14H11FN2O/c1-9(18)12-4-13(8-17-7-12)10-2-3-11(6-16)14(15)5-10/h2-5,7-9,18H,1H3. The summed E-state index contributed by atoms with van der Waals surface area (Å²) >= 11 is 0. The van der Waals surface area contributed by atoms with Crippen LogP contribution in [0.4, 0.5) is 4.39 Å². The fourth-order valence-corrected chi connectivity index (χ4v) is 1.63. The Morgan fingerprint density at radius 3 is 2.67 bits per heavy atom. The van der Waals surface area contributed by atoms with E-state index in [4.69, 9.17) is 5.26 Å². The molecule has 0 radical (unpaired) electrons.